The number of carboxylic acid groups (broad SMARTS) is 1. The molecule has 1 fully saturated rings. The summed E-state index contributed by atoms with van der Waals surface area (Å²) in [6.07, 6.45) is 0.859. The van der Waals surface area contributed by atoms with Crippen molar-refractivity contribution in [3.05, 3.63) is 0 Å². The smallest absolute Gasteiger partial charge is 0.309 e. The Bertz CT molecular complexity index is 307. The van der Waals surface area contributed by atoms with E-state index < -0.39 is 11.9 Å². The van der Waals surface area contributed by atoms with Gasteiger partial charge in [0, 0.05) is 19.6 Å². The van der Waals surface area contributed by atoms with Crippen LogP contribution < -0.4 is 5.32 Å². The molecule has 104 valence electrons. The second-order valence-electron chi connectivity index (χ2n) is 5.11. The van der Waals surface area contributed by atoms with Gasteiger partial charge in [0.1, 0.15) is 0 Å². The van der Waals surface area contributed by atoms with Crippen LogP contribution >= 0.6 is 0 Å². The standard InChI is InChI=1S/C12H23N3O3/c1-9-11(16)15(6-4-5-14(2)3)8-10(7-13-9)12(17)18/h9-10,13H,4-8H2,1-3H3,(H,17,18). The second kappa shape index (κ2) is 6.70. The van der Waals surface area contributed by atoms with Gasteiger partial charge in [0.15, 0.2) is 0 Å². The quantitative estimate of drug-likeness (QED) is 0.692. The summed E-state index contributed by atoms with van der Waals surface area (Å²) in [5.41, 5.74) is 0. The third kappa shape index (κ3) is 4.27. The van der Waals surface area contributed by atoms with E-state index in [2.05, 4.69) is 10.2 Å². The lowest BCUT2D eigenvalue weighted by Crippen LogP contribution is -2.42. The monoisotopic (exact) mass is 257 g/mol. The number of carbonyl (C=O) groups is 2. The van der Waals surface area contributed by atoms with Crippen LogP contribution in [0.2, 0.25) is 0 Å². The van der Waals surface area contributed by atoms with Crippen molar-refractivity contribution in [1.82, 2.24) is 15.1 Å². The van der Waals surface area contributed by atoms with Crippen LogP contribution in [0.3, 0.4) is 0 Å². The van der Waals surface area contributed by atoms with Gasteiger partial charge in [0.2, 0.25) is 5.91 Å². The average molecular weight is 257 g/mol. The van der Waals surface area contributed by atoms with E-state index in [-0.39, 0.29) is 11.9 Å². The lowest BCUT2D eigenvalue weighted by atomic mass is 10.1. The van der Waals surface area contributed by atoms with Gasteiger partial charge in [-0.1, -0.05) is 0 Å². The zero-order chi connectivity index (χ0) is 13.7. The van der Waals surface area contributed by atoms with Gasteiger partial charge in [-0.2, -0.15) is 0 Å². The first-order valence-corrected chi connectivity index (χ1v) is 6.31. The van der Waals surface area contributed by atoms with Crippen molar-refractivity contribution in [2.45, 2.75) is 19.4 Å². The van der Waals surface area contributed by atoms with Gasteiger partial charge >= 0.3 is 5.97 Å². The minimum absolute atomic E-state index is 0.00231. The van der Waals surface area contributed by atoms with Gasteiger partial charge in [0.05, 0.1) is 12.0 Å². The van der Waals surface area contributed by atoms with Gasteiger partial charge in [-0.25, -0.2) is 0 Å². The SMILES string of the molecule is CC1NCC(C(=O)O)CN(CCCN(C)C)C1=O. The zero-order valence-corrected chi connectivity index (χ0v) is 11.3. The molecule has 6 nitrogen and oxygen atoms in total. The van der Waals surface area contributed by atoms with Crippen LogP contribution in [0.1, 0.15) is 13.3 Å². The Hall–Kier alpha value is -1.14. The van der Waals surface area contributed by atoms with Crippen molar-refractivity contribution in [3.8, 4) is 0 Å². The number of hydrogen-bond acceptors (Lipinski definition) is 4. The van der Waals surface area contributed by atoms with Crippen LogP contribution in [0.5, 0.6) is 0 Å². The molecule has 0 aliphatic carbocycles. The zero-order valence-electron chi connectivity index (χ0n) is 11.3. The van der Waals surface area contributed by atoms with E-state index in [1.807, 2.05) is 14.1 Å². The molecule has 1 aliphatic heterocycles. The predicted octanol–water partition coefficient (Wildman–Crippen LogP) is -0.541. The van der Waals surface area contributed by atoms with E-state index in [1.54, 1.807) is 11.8 Å². The van der Waals surface area contributed by atoms with Crippen molar-refractivity contribution < 1.29 is 14.7 Å². The molecule has 6 heteroatoms. The molecule has 2 atom stereocenters. The molecule has 0 radical (unpaired) electrons. The molecule has 0 spiro atoms. The molecule has 1 rings (SSSR count). The fraction of sp³-hybridized carbons (Fsp3) is 0.833. The molecule has 0 aromatic carbocycles. The minimum atomic E-state index is -0.845. The Morgan fingerprint density at radius 1 is 1.56 bits per heavy atom. The largest absolute Gasteiger partial charge is 0.481 e. The fourth-order valence-electron chi connectivity index (χ4n) is 2.05. The first-order valence-electron chi connectivity index (χ1n) is 6.31. The molecule has 1 amide bonds. The molecule has 0 bridgehead atoms. The molecular weight excluding hydrogens is 234 g/mol. The van der Waals surface area contributed by atoms with Crippen LogP contribution in [0.25, 0.3) is 0 Å². The Morgan fingerprint density at radius 2 is 2.22 bits per heavy atom. The highest BCUT2D eigenvalue weighted by Gasteiger charge is 2.30. The molecule has 1 saturated heterocycles. The van der Waals surface area contributed by atoms with Gasteiger partial charge < -0.3 is 20.2 Å². The lowest BCUT2D eigenvalue weighted by Gasteiger charge is -2.24. The van der Waals surface area contributed by atoms with E-state index >= 15 is 0 Å². The molecular formula is C12H23N3O3. The third-order valence-corrected chi connectivity index (χ3v) is 3.18. The summed E-state index contributed by atoms with van der Waals surface area (Å²) >= 11 is 0. The Labute approximate surface area is 108 Å². The maximum absolute atomic E-state index is 12.0. The number of aliphatic carboxylic acids is 1. The number of nitrogens with zero attached hydrogens (tertiary/aromatic N) is 2. The maximum Gasteiger partial charge on any atom is 0.309 e. The normalized spacial score (nSPS) is 25.3. The first-order chi connectivity index (χ1) is 8.41. The number of nitrogens with one attached hydrogen (secondary N) is 1. The van der Waals surface area contributed by atoms with Crippen molar-refractivity contribution in [1.29, 1.82) is 0 Å². The van der Waals surface area contributed by atoms with Gasteiger partial charge in [-0.05, 0) is 34.0 Å². The number of amides is 1. The van der Waals surface area contributed by atoms with Crippen LogP contribution in [-0.4, -0.2) is 73.1 Å². The second-order valence-corrected chi connectivity index (χ2v) is 5.11. The third-order valence-electron chi connectivity index (χ3n) is 3.18. The number of hydrogen-bond donors (Lipinski definition) is 2. The molecule has 2 unspecified atom stereocenters. The highest BCUT2D eigenvalue weighted by atomic mass is 16.4. The van der Waals surface area contributed by atoms with Crippen molar-refractivity contribution >= 4 is 11.9 Å². The number of carboxylic acids is 1. The molecule has 0 aromatic rings. The summed E-state index contributed by atoms with van der Waals surface area (Å²) in [4.78, 5) is 26.8. The molecule has 1 aliphatic rings. The highest BCUT2D eigenvalue weighted by molar-refractivity contribution is 5.83. The number of rotatable bonds is 5. The van der Waals surface area contributed by atoms with Gasteiger partial charge in [0.25, 0.3) is 0 Å². The Balaban J connectivity index is 2.59. The van der Waals surface area contributed by atoms with Crippen molar-refractivity contribution in [3.63, 3.8) is 0 Å². The van der Waals surface area contributed by atoms with Crippen LogP contribution in [0.15, 0.2) is 0 Å². The van der Waals surface area contributed by atoms with Crippen molar-refractivity contribution in [2.24, 2.45) is 5.92 Å². The predicted molar refractivity (Wildman–Crippen MR) is 68.3 cm³/mol. The average Bonchev–Trinajstić information content (AvgIpc) is 2.42. The molecule has 1 heterocycles. The summed E-state index contributed by atoms with van der Waals surface area (Å²) < 4.78 is 0. The van der Waals surface area contributed by atoms with E-state index in [1.165, 1.54) is 0 Å². The Morgan fingerprint density at radius 3 is 2.78 bits per heavy atom. The maximum atomic E-state index is 12.0. The van der Waals surface area contributed by atoms with Crippen LogP contribution in [0.4, 0.5) is 0 Å². The topological polar surface area (TPSA) is 72.9 Å². The molecule has 0 saturated carbocycles. The molecule has 0 aromatic heterocycles. The summed E-state index contributed by atoms with van der Waals surface area (Å²) in [6, 6.07) is -0.297. The summed E-state index contributed by atoms with van der Waals surface area (Å²) in [5, 5.41) is 12.1. The lowest BCUT2D eigenvalue weighted by molar-refractivity contribution is -0.142. The number of carbonyl (C=O) groups excluding carboxylic acids is 1. The first kappa shape index (κ1) is 14.9. The van der Waals surface area contributed by atoms with E-state index in [0.717, 1.165) is 13.0 Å². The summed E-state index contributed by atoms with van der Waals surface area (Å²) in [6.45, 7) is 3.95. The molecule has 2 N–H and O–H groups in total. The molecule has 18 heavy (non-hydrogen) atoms. The minimum Gasteiger partial charge on any atom is -0.481 e. The van der Waals surface area contributed by atoms with E-state index in [9.17, 15) is 9.59 Å². The Kier molecular flexibility index (Phi) is 5.55. The van der Waals surface area contributed by atoms with Crippen molar-refractivity contribution in [2.75, 3.05) is 40.3 Å². The fourth-order valence-corrected chi connectivity index (χ4v) is 2.05. The summed E-state index contributed by atoms with van der Waals surface area (Å²) in [7, 11) is 3.96. The highest BCUT2D eigenvalue weighted by Crippen LogP contribution is 2.09. The van der Waals surface area contributed by atoms with E-state index in [0.29, 0.717) is 19.6 Å². The van der Waals surface area contributed by atoms with Gasteiger partial charge in [-0.15, -0.1) is 0 Å². The summed E-state index contributed by atoms with van der Waals surface area (Å²) in [5.74, 6) is -1.36. The van der Waals surface area contributed by atoms with Crippen LogP contribution in [-0.2, 0) is 9.59 Å². The van der Waals surface area contributed by atoms with Crippen LogP contribution in [0, 0.1) is 5.92 Å². The van der Waals surface area contributed by atoms with E-state index in [4.69, 9.17) is 5.11 Å². The van der Waals surface area contributed by atoms with Gasteiger partial charge in [-0.3, -0.25) is 9.59 Å².